The van der Waals surface area contributed by atoms with E-state index in [0.29, 0.717) is 5.56 Å². The van der Waals surface area contributed by atoms with E-state index in [1.807, 2.05) is 0 Å². The number of hydrogen-bond donors (Lipinski definition) is 2. The van der Waals surface area contributed by atoms with Crippen LogP contribution in [-0.4, -0.2) is 36.5 Å². The number of halogens is 1. The molecule has 0 saturated carbocycles. The van der Waals surface area contributed by atoms with E-state index in [4.69, 9.17) is 5.73 Å². The second-order valence-corrected chi connectivity index (χ2v) is 4.91. The van der Waals surface area contributed by atoms with E-state index >= 15 is 0 Å². The summed E-state index contributed by atoms with van der Waals surface area (Å²) >= 11 is 0. The lowest BCUT2D eigenvalue weighted by Gasteiger charge is -2.31. The van der Waals surface area contributed by atoms with Gasteiger partial charge in [0.2, 0.25) is 0 Å². The summed E-state index contributed by atoms with van der Waals surface area (Å²) in [7, 11) is 0. The molecule has 3 N–H and O–H groups in total. The zero-order valence-electron chi connectivity index (χ0n) is 11.2. The van der Waals surface area contributed by atoms with Crippen molar-refractivity contribution in [2.24, 2.45) is 0 Å². The summed E-state index contributed by atoms with van der Waals surface area (Å²) in [5.41, 5.74) is 6.19. The number of piperidine rings is 1. The van der Waals surface area contributed by atoms with E-state index in [1.165, 1.54) is 18.2 Å². The first-order chi connectivity index (χ1) is 9.10. The van der Waals surface area contributed by atoms with Crippen molar-refractivity contribution < 1.29 is 9.18 Å². The van der Waals surface area contributed by atoms with Gasteiger partial charge in [0.15, 0.2) is 0 Å². The Balaban J connectivity index is 1.94. The largest absolute Gasteiger partial charge is 0.398 e. The Morgan fingerprint density at radius 3 is 2.74 bits per heavy atom. The fraction of sp³-hybridized carbons (Fsp3) is 0.500. The third-order valence-electron chi connectivity index (χ3n) is 3.63. The van der Waals surface area contributed by atoms with Crippen LogP contribution in [0.15, 0.2) is 18.2 Å². The number of carbonyl (C=O) groups excluding carboxylic acids is 1. The van der Waals surface area contributed by atoms with Crippen molar-refractivity contribution >= 4 is 11.6 Å². The quantitative estimate of drug-likeness (QED) is 0.817. The third-order valence-corrected chi connectivity index (χ3v) is 3.63. The molecule has 2 rings (SSSR count). The Morgan fingerprint density at radius 2 is 2.16 bits per heavy atom. The number of nitrogens with zero attached hydrogens (tertiary/aromatic N) is 1. The van der Waals surface area contributed by atoms with Crippen LogP contribution in [0.3, 0.4) is 0 Å². The Labute approximate surface area is 112 Å². The fourth-order valence-electron chi connectivity index (χ4n) is 2.40. The molecule has 4 nitrogen and oxygen atoms in total. The zero-order valence-corrected chi connectivity index (χ0v) is 11.2. The molecule has 1 aromatic carbocycles. The molecule has 1 aromatic rings. The summed E-state index contributed by atoms with van der Waals surface area (Å²) in [6.45, 7) is 5.18. The molecule has 1 fully saturated rings. The molecule has 1 aliphatic rings. The van der Waals surface area contributed by atoms with Gasteiger partial charge < -0.3 is 16.0 Å². The van der Waals surface area contributed by atoms with E-state index in [9.17, 15) is 9.18 Å². The number of nitrogens with two attached hydrogens (primary N) is 1. The number of anilines is 1. The van der Waals surface area contributed by atoms with Crippen LogP contribution in [0.1, 0.15) is 30.1 Å². The molecule has 0 unspecified atom stereocenters. The van der Waals surface area contributed by atoms with Gasteiger partial charge in [-0.05, 0) is 37.6 Å². The highest BCUT2D eigenvalue weighted by molar-refractivity contribution is 5.99. The topological polar surface area (TPSA) is 58.4 Å². The molecule has 19 heavy (non-hydrogen) atoms. The second-order valence-electron chi connectivity index (χ2n) is 4.91. The van der Waals surface area contributed by atoms with Crippen molar-refractivity contribution in [1.29, 1.82) is 0 Å². The molecule has 1 aliphatic heterocycles. The maximum atomic E-state index is 12.9. The number of amides is 1. The summed E-state index contributed by atoms with van der Waals surface area (Å²) in [6, 6.07) is 4.04. The van der Waals surface area contributed by atoms with E-state index in [-0.39, 0.29) is 17.6 Å². The molecule has 1 amide bonds. The lowest BCUT2D eigenvalue weighted by atomic mass is 10.0. The van der Waals surface area contributed by atoms with Gasteiger partial charge in [0, 0.05) is 24.8 Å². The fourth-order valence-corrected chi connectivity index (χ4v) is 2.40. The van der Waals surface area contributed by atoms with Crippen LogP contribution in [0.4, 0.5) is 10.1 Å². The van der Waals surface area contributed by atoms with Crippen molar-refractivity contribution in [2.75, 3.05) is 25.4 Å². The summed E-state index contributed by atoms with van der Waals surface area (Å²) in [4.78, 5) is 14.4. The van der Waals surface area contributed by atoms with Crippen molar-refractivity contribution in [3.05, 3.63) is 29.6 Å². The van der Waals surface area contributed by atoms with Crippen molar-refractivity contribution in [3.63, 3.8) is 0 Å². The predicted octanol–water partition coefficient (Wildman–Crippen LogP) is 1.62. The first-order valence-electron chi connectivity index (χ1n) is 6.68. The number of benzene rings is 1. The molecule has 0 bridgehead atoms. The molecular formula is C14H20FN3O. The van der Waals surface area contributed by atoms with Crippen LogP contribution in [-0.2, 0) is 0 Å². The van der Waals surface area contributed by atoms with Gasteiger partial charge in [0.05, 0.1) is 5.56 Å². The summed E-state index contributed by atoms with van der Waals surface area (Å²) in [5, 5.41) is 2.97. The van der Waals surface area contributed by atoms with Crippen LogP contribution < -0.4 is 11.1 Å². The van der Waals surface area contributed by atoms with E-state index in [0.717, 1.165) is 32.5 Å². The highest BCUT2D eigenvalue weighted by atomic mass is 19.1. The maximum absolute atomic E-state index is 12.9. The molecular weight excluding hydrogens is 245 g/mol. The molecule has 0 aromatic heterocycles. The Kier molecular flexibility index (Phi) is 4.37. The summed E-state index contributed by atoms with van der Waals surface area (Å²) < 4.78 is 12.9. The van der Waals surface area contributed by atoms with Gasteiger partial charge >= 0.3 is 0 Å². The number of hydrogen-bond acceptors (Lipinski definition) is 3. The van der Waals surface area contributed by atoms with Gasteiger partial charge in [-0.2, -0.15) is 0 Å². The first-order valence-corrected chi connectivity index (χ1v) is 6.68. The van der Waals surface area contributed by atoms with Crippen LogP contribution in [0.5, 0.6) is 0 Å². The monoisotopic (exact) mass is 265 g/mol. The van der Waals surface area contributed by atoms with Crippen LogP contribution in [0.2, 0.25) is 0 Å². The van der Waals surface area contributed by atoms with Gasteiger partial charge in [-0.1, -0.05) is 6.92 Å². The lowest BCUT2D eigenvalue weighted by molar-refractivity contribution is 0.0913. The van der Waals surface area contributed by atoms with Gasteiger partial charge in [-0.25, -0.2) is 4.39 Å². The molecule has 1 saturated heterocycles. The number of rotatable bonds is 3. The molecule has 0 spiro atoms. The third kappa shape index (κ3) is 3.44. The van der Waals surface area contributed by atoms with Gasteiger partial charge in [0.25, 0.3) is 5.91 Å². The molecule has 1 heterocycles. The average molecular weight is 265 g/mol. The van der Waals surface area contributed by atoms with Crippen molar-refractivity contribution in [3.8, 4) is 0 Å². The predicted molar refractivity (Wildman–Crippen MR) is 73.4 cm³/mol. The highest BCUT2D eigenvalue weighted by Gasteiger charge is 2.21. The normalized spacial score (nSPS) is 17.4. The van der Waals surface area contributed by atoms with Crippen LogP contribution in [0, 0.1) is 5.82 Å². The summed E-state index contributed by atoms with van der Waals surface area (Å²) in [6.07, 6.45) is 1.89. The number of carbonyl (C=O) groups is 1. The molecule has 0 aliphatic carbocycles. The Morgan fingerprint density at radius 1 is 1.47 bits per heavy atom. The second kappa shape index (κ2) is 6.02. The molecule has 0 atom stereocenters. The van der Waals surface area contributed by atoms with Gasteiger partial charge in [0.1, 0.15) is 5.82 Å². The van der Waals surface area contributed by atoms with Crippen LogP contribution >= 0.6 is 0 Å². The molecule has 0 radical (unpaired) electrons. The minimum Gasteiger partial charge on any atom is -0.398 e. The minimum absolute atomic E-state index is 0.180. The number of likely N-dealkylation sites (tertiary alicyclic amines) is 1. The number of nitrogen functional groups attached to an aromatic ring is 1. The first kappa shape index (κ1) is 13.8. The highest BCUT2D eigenvalue weighted by Crippen LogP contribution is 2.15. The Hall–Kier alpha value is -1.62. The van der Waals surface area contributed by atoms with Gasteiger partial charge in [-0.3, -0.25) is 4.79 Å². The van der Waals surface area contributed by atoms with E-state index < -0.39 is 5.82 Å². The number of nitrogens with one attached hydrogen (secondary N) is 1. The van der Waals surface area contributed by atoms with E-state index in [2.05, 4.69) is 17.1 Å². The molecule has 5 heteroatoms. The van der Waals surface area contributed by atoms with Crippen LogP contribution in [0.25, 0.3) is 0 Å². The average Bonchev–Trinajstić information content (AvgIpc) is 2.39. The van der Waals surface area contributed by atoms with Crippen molar-refractivity contribution in [2.45, 2.75) is 25.8 Å². The Bertz CT molecular complexity index is 456. The zero-order chi connectivity index (χ0) is 13.8. The lowest BCUT2D eigenvalue weighted by Crippen LogP contribution is -2.44. The minimum atomic E-state index is -0.426. The van der Waals surface area contributed by atoms with Crippen molar-refractivity contribution in [1.82, 2.24) is 10.2 Å². The SMILES string of the molecule is CCN1CCC(NC(=O)c2ccc(F)cc2N)CC1. The standard InChI is InChI=1S/C14H20FN3O/c1-2-18-7-5-11(6-8-18)17-14(19)12-4-3-10(15)9-13(12)16/h3-4,9,11H,2,5-8,16H2,1H3,(H,17,19). The smallest absolute Gasteiger partial charge is 0.253 e. The summed E-state index contributed by atoms with van der Waals surface area (Å²) in [5.74, 6) is -0.641. The van der Waals surface area contributed by atoms with Gasteiger partial charge in [-0.15, -0.1) is 0 Å². The maximum Gasteiger partial charge on any atom is 0.253 e. The van der Waals surface area contributed by atoms with E-state index in [1.54, 1.807) is 0 Å². The molecule has 104 valence electrons.